The first-order chi connectivity index (χ1) is 13.8. The fraction of sp³-hybridized carbons (Fsp3) is 0.421. The van der Waals surface area contributed by atoms with Crippen LogP contribution in [0.15, 0.2) is 36.9 Å². The summed E-state index contributed by atoms with van der Waals surface area (Å²) < 4.78 is 7.70. The van der Waals surface area contributed by atoms with Crippen LogP contribution in [0.3, 0.4) is 0 Å². The number of imidazole rings is 1. The first-order valence-corrected chi connectivity index (χ1v) is 9.20. The fourth-order valence-corrected chi connectivity index (χ4v) is 4.29. The van der Waals surface area contributed by atoms with E-state index in [2.05, 4.69) is 15.0 Å². The number of hydrogen-bond acceptors (Lipinski definition) is 9. The predicted octanol–water partition coefficient (Wildman–Crippen LogP) is 0.0627. The quantitative estimate of drug-likeness (QED) is 0.407. The normalized spacial score (nSPS) is 29.7. The molecule has 1 aromatic carbocycles. The zero-order chi connectivity index (χ0) is 21.0. The topological polar surface area (TPSA) is 160 Å². The highest BCUT2D eigenvalue weighted by atomic mass is 16.6. The number of rotatable bonds is 4. The molecule has 0 spiro atoms. The highest BCUT2D eigenvalue weighted by Gasteiger charge is 2.68. The van der Waals surface area contributed by atoms with Crippen molar-refractivity contribution in [3.05, 3.63) is 42.5 Å². The number of ether oxygens (including phenoxy) is 1. The molecule has 0 saturated carbocycles. The van der Waals surface area contributed by atoms with Gasteiger partial charge in [0.15, 0.2) is 22.8 Å². The van der Waals surface area contributed by atoms with Gasteiger partial charge in [-0.3, -0.25) is 4.57 Å². The first-order valence-electron chi connectivity index (χ1n) is 9.20. The second-order valence-corrected chi connectivity index (χ2v) is 7.49. The average molecular weight is 401 g/mol. The molecule has 3 aromatic rings. The van der Waals surface area contributed by atoms with Crippen LogP contribution in [-0.2, 0) is 16.1 Å². The van der Waals surface area contributed by atoms with Crippen LogP contribution in [-0.4, -0.2) is 58.8 Å². The van der Waals surface area contributed by atoms with Gasteiger partial charge < -0.3 is 30.9 Å². The molecule has 154 valence electrons. The maximum Gasteiger partial charge on any atom is 0.185 e. The maximum atomic E-state index is 12.0. The Morgan fingerprint density at radius 1 is 1.21 bits per heavy atom. The molecule has 1 fully saturated rings. The lowest BCUT2D eigenvalue weighted by molar-refractivity contribution is -0.225. The maximum absolute atomic E-state index is 12.0. The molecule has 0 bridgehead atoms. The van der Waals surface area contributed by atoms with E-state index < -0.39 is 36.1 Å². The lowest BCUT2D eigenvalue weighted by Crippen LogP contribution is -2.58. The summed E-state index contributed by atoms with van der Waals surface area (Å²) in [6.45, 7) is 3.11. The highest BCUT2D eigenvalue weighted by Crippen LogP contribution is 2.54. The number of aromatic nitrogens is 4. The smallest absolute Gasteiger partial charge is 0.185 e. The molecule has 2 aromatic heterocycles. The molecule has 0 aliphatic carbocycles. The van der Waals surface area contributed by atoms with Crippen LogP contribution in [0.1, 0.15) is 19.4 Å². The predicted molar refractivity (Wildman–Crippen MR) is 103 cm³/mol. The van der Waals surface area contributed by atoms with Crippen LogP contribution >= 0.6 is 0 Å². The van der Waals surface area contributed by atoms with Crippen molar-refractivity contribution in [3.63, 3.8) is 0 Å². The van der Waals surface area contributed by atoms with Gasteiger partial charge in [-0.05, 0) is 17.7 Å². The lowest BCUT2D eigenvalue weighted by Gasteiger charge is -2.45. The van der Waals surface area contributed by atoms with E-state index in [0.717, 1.165) is 0 Å². The first kappa shape index (κ1) is 19.5. The third-order valence-electron chi connectivity index (χ3n) is 5.65. The monoisotopic (exact) mass is 401 g/mol. The fourth-order valence-electron chi connectivity index (χ4n) is 4.29. The average Bonchev–Trinajstić information content (AvgIpc) is 3.23. The number of phenolic OH excluding ortho intramolecular Hbond substituents is 1. The molecule has 1 saturated heterocycles. The van der Waals surface area contributed by atoms with Crippen LogP contribution in [0.2, 0.25) is 0 Å². The molecular weight excluding hydrogens is 378 g/mol. The van der Waals surface area contributed by atoms with Crippen molar-refractivity contribution in [2.24, 2.45) is 5.92 Å². The Balaban J connectivity index is 2.05. The van der Waals surface area contributed by atoms with E-state index in [1.54, 1.807) is 0 Å². The number of anilines is 1. The van der Waals surface area contributed by atoms with Gasteiger partial charge in [0, 0.05) is 5.92 Å². The van der Waals surface area contributed by atoms with Crippen molar-refractivity contribution < 1.29 is 25.2 Å². The number of nitrogens with two attached hydrogens (primary N) is 1. The molecule has 4 rings (SSSR count). The molecule has 3 heterocycles. The Morgan fingerprint density at radius 3 is 2.52 bits per heavy atom. The lowest BCUT2D eigenvalue weighted by atomic mass is 9.74. The third kappa shape index (κ3) is 2.47. The molecule has 0 amide bonds. The summed E-state index contributed by atoms with van der Waals surface area (Å²) in [5.41, 5.74) is 3.26. The Morgan fingerprint density at radius 2 is 1.90 bits per heavy atom. The van der Waals surface area contributed by atoms with Crippen LogP contribution < -0.4 is 5.73 Å². The summed E-state index contributed by atoms with van der Waals surface area (Å²) in [6.07, 6.45) is 0.148. The van der Waals surface area contributed by atoms with E-state index in [1.165, 1.54) is 41.5 Å². The SMILES string of the molecule is CC(C)[C@@]1(n2cnc3c(N)ncnc32)O[C@H](CO)[C@@H](O)[C@]1(O)c1ccc(O)cc1. The number of fused-ring (bicyclic) bond motifs is 1. The molecule has 6 N–H and O–H groups in total. The van der Waals surface area contributed by atoms with Crippen LogP contribution in [0.4, 0.5) is 5.82 Å². The Hall–Kier alpha value is -2.79. The number of aliphatic hydroxyl groups excluding tert-OH is 2. The van der Waals surface area contributed by atoms with E-state index in [0.29, 0.717) is 16.7 Å². The van der Waals surface area contributed by atoms with Crippen LogP contribution in [0.5, 0.6) is 5.75 Å². The van der Waals surface area contributed by atoms with Gasteiger partial charge in [0.1, 0.15) is 29.8 Å². The molecule has 10 heteroatoms. The Bertz CT molecular complexity index is 1040. The van der Waals surface area contributed by atoms with Gasteiger partial charge in [0.25, 0.3) is 0 Å². The van der Waals surface area contributed by atoms with E-state index in [4.69, 9.17) is 10.5 Å². The zero-order valence-electron chi connectivity index (χ0n) is 16.0. The minimum atomic E-state index is -2.00. The van der Waals surface area contributed by atoms with Gasteiger partial charge in [-0.2, -0.15) is 0 Å². The summed E-state index contributed by atoms with van der Waals surface area (Å²) >= 11 is 0. The molecule has 1 aliphatic rings. The highest BCUT2D eigenvalue weighted by molar-refractivity contribution is 5.81. The van der Waals surface area contributed by atoms with Crippen molar-refractivity contribution in [3.8, 4) is 5.75 Å². The van der Waals surface area contributed by atoms with Crippen molar-refractivity contribution >= 4 is 17.0 Å². The van der Waals surface area contributed by atoms with Crippen molar-refractivity contribution in [2.45, 2.75) is 37.4 Å². The van der Waals surface area contributed by atoms with Crippen molar-refractivity contribution in [2.75, 3.05) is 12.3 Å². The van der Waals surface area contributed by atoms with E-state index >= 15 is 0 Å². The van der Waals surface area contributed by atoms with Gasteiger partial charge in [-0.1, -0.05) is 26.0 Å². The third-order valence-corrected chi connectivity index (χ3v) is 5.65. The summed E-state index contributed by atoms with van der Waals surface area (Å²) in [7, 11) is 0. The molecule has 0 radical (unpaired) electrons. The number of aromatic hydroxyl groups is 1. The summed E-state index contributed by atoms with van der Waals surface area (Å²) in [5, 5.41) is 42.6. The van der Waals surface area contributed by atoms with Gasteiger partial charge >= 0.3 is 0 Å². The van der Waals surface area contributed by atoms with Crippen molar-refractivity contribution in [1.82, 2.24) is 19.5 Å². The summed E-state index contributed by atoms with van der Waals surface area (Å²) in [6, 6.07) is 5.82. The molecule has 29 heavy (non-hydrogen) atoms. The van der Waals surface area contributed by atoms with E-state index in [-0.39, 0.29) is 11.6 Å². The standard InChI is InChI=1S/C19H23N5O5/c1-10(2)19(24-9-23-14-16(20)21-8-22-17(14)24)18(28,15(27)13(7-25)29-19)11-3-5-12(26)6-4-11/h3-6,8-10,13,15,25-28H,7H2,1-2H3,(H2,20,21,22)/t13-,15-,18-,19-/m1/s1. The number of benzene rings is 1. The number of phenols is 1. The number of nitrogens with zero attached hydrogens (tertiary/aromatic N) is 4. The number of hydrogen-bond donors (Lipinski definition) is 5. The minimum absolute atomic E-state index is 0.00760. The zero-order valence-corrected chi connectivity index (χ0v) is 16.0. The minimum Gasteiger partial charge on any atom is -0.508 e. The van der Waals surface area contributed by atoms with E-state index in [9.17, 15) is 20.4 Å². The summed E-state index contributed by atoms with van der Waals surface area (Å²) in [5.74, 6) is -0.243. The molecule has 1 aliphatic heterocycles. The van der Waals surface area contributed by atoms with Crippen LogP contribution in [0, 0.1) is 5.92 Å². The number of nitrogen functional groups attached to an aromatic ring is 1. The van der Waals surface area contributed by atoms with E-state index in [1.807, 2.05) is 13.8 Å². The van der Waals surface area contributed by atoms with Gasteiger partial charge in [-0.15, -0.1) is 0 Å². The largest absolute Gasteiger partial charge is 0.508 e. The molecular formula is C19H23N5O5. The Kier molecular flexibility index (Phi) is 4.46. The van der Waals surface area contributed by atoms with Crippen LogP contribution in [0.25, 0.3) is 11.2 Å². The summed E-state index contributed by atoms with van der Waals surface area (Å²) in [4.78, 5) is 12.5. The second kappa shape index (κ2) is 6.63. The molecule has 10 nitrogen and oxygen atoms in total. The van der Waals surface area contributed by atoms with Gasteiger partial charge in [0.05, 0.1) is 12.9 Å². The van der Waals surface area contributed by atoms with Crippen molar-refractivity contribution in [1.29, 1.82) is 0 Å². The van der Waals surface area contributed by atoms with Gasteiger partial charge in [0.2, 0.25) is 0 Å². The number of aliphatic hydroxyl groups is 3. The second-order valence-electron chi connectivity index (χ2n) is 7.49. The Labute approximate surface area is 166 Å². The molecule has 0 unspecified atom stereocenters. The molecule has 4 atom stereocenters. The van der Waals surface area contributed by atoms with Gasteiger partial charge in [-0.25, -0.2) is 15.0 Å².